The van der Waals surface area contributed by atoms with Gasteiger partial charge in [-0.25, -0.2) is 4.39 Å². The Labute approximate surface area is 167 Å². The van der Waals surface area contributed by atoms with Crippen molar-refractivity contribution in [2.24, 2.45) is 0 Å². The molecule has 2 N–H and O–H groups in total. The molecule has 1 aromatic heterocycles. The summed E-state index contributed by atoms with van der Waals surface area (Å²) in [6.45, 7) is 0. The van der Waals surface area contributed by atoms with Gasteiger partial charge in [0, 0.05) is 46.5 Å². The summed E-state index contributed by atoms with van der Waals surface area (Å²) in [5.74, 6) is -0.515. The van der Waals surface area contributed by atoms with Crippen LogP contribution in [0.1, 0.15) is 36.6 Å². The lowest BCUT2D eigenvalue weighted by Crippen LogP contribution is -2.21. The summed E-state index contributed by atoms with van der Waals surface area (Å²) in [7, 11) is 0. The summed E-state index contributed by atoms with van der Waals surface area (Å²) in [5.41, 5.74) is 4.28. The van der Waals surface area contributed by atoms with Gasteiger partial charge in [-0.15, -0.1) is 0 Å². The molecule has 5 nitrogen and oxygen atoms in total. The first-order valence-electron chi connectivity index (χ1n) is 9.80. The maximum atomic E-state index is 13.6. The molecule has 6 heteroatoms. The maximum Gasteiger partial charge on any atom is 0.248 e. The van der Waals surface area contributed by atoms with Crippen LogP contribution in [0.2, 0.25) is 0 Å². The maximum absolute atomic E-state index is 13.6. The fourth-order valence-electron chi connectivity index (χ4n) is 3.97. The van der Waals surface area contributed by atoms with E-state index in [9.17, 15) is 14.0 Å². The molecule has 0 bridgehead atoms. The van der Waals surface area contributed by atoms with Crippen LogP contribution in [0.25, 0.3) is 17.0 Å². The molecule has 2 amide bonds. The van der Waals surface area contributed by atoms with Gasteiger partial charge in [0.2, 0.25) is 11.8 Å². The lowest BCUT2D eigenvalue weighted by atomic mass is 10.0. The Balaban J connectivity index is 1.40. The number of nitrogens with one attached hydrogen (secondary N) is 2. The number of benzene rings is 2. The van der Waals surface area contributed by atoms with Crippen molar-refractivity contribution in [2.75, 3.05) is 10.6 Å². The Kier molecular flexibility index (Phi) is 4.19. The third kappa shape index (κ3) is 3.42. The van der Waals surface area contributed by atoms with Crippen molar-refractivity contribution in [3.05, 3.63) is 65.6 Å². The molecule has 5 rings (SSSR count). The molecule has 1 saturated carbocycles. The van der Waals surface area contributed by atoms with Crippen molar-refractivity contribution < 1.29 is 14.0 Å². The minimum atomic E-state index is -0.264. The van der Waals surface area contributed by atoms with Crippen LogP contribution in [0.5, 0.6) is 0 Å². The number of rotatable bonds is 4. The lowest BCUT2D eigenvalue weighted by Gasteiger charge is -2.19. The quantitative estimate of drug-likeness (QED) is 0.638. The SMILES string of the molecule is O=C(/C=C/c1cc2cc(F)ccc2n1C1CC1)Nc1cccc2c1CCC(=O)N2. The lowest BCUT2D eigenvalue weighted by molar-refractivity contribution is -0.116. The first-order chi connectivity index (χ1) is 14.1. The number of hydrogen-bond donors (Lipinski definition) is 2. The van der Waals surface area contributed by atoms with Crippen molar-refractivity contribution in [1.29, 1.82) is 0 Å². The molecule has 3 aromatic rings. The van der Waals surface area contributed by atoms with E-state index in [-0.39, 0.29) is 17.6 Å². The van der Waals surface area contributed by atoms with Crippen LogP contribution < -0.4 is 10.6 Å². The Morgan fingerprint density at radius 2 is 2.03 bits per heavy atom. The Bertz CT molecular complexity index is 1170. The molecule has 1 fully saturated rings. The Morgan fingerprint density at radius 1 is 1.17 bits per heavy atom. The molecule has 0 unspecified atom stereocenters. The minimum absolute atomic E-state index is 0.00906. The number of amides is 2. The molecular formula is C23H20FN3O2. The van der Waals surface area contributed by atoms with Gasteiger partial charge in [0.25, 0.3) is 0 Å². The largest absolute Gasteiger partial charge is 0.338 e. The van der Waals surface area contributed by atoms with E-state index in [2.05, 4.69) is 15.2 Å². The summed E-state index contributed by atoms with van der Waals surface area (Å²) in [5, 5.41) is 6.59. The number of aromatic nitrogens is 1. The van der Waals surface area contributed by atoms with E-state index in [1.54, 1.807) is 12.1 Å². The van der Waals surface area contributed by atoms with E-state index in [0.717, 1.165) is 40.7 Å². The first kappa shape index (κ1) is 17.7. The minimum Gasteiger partial charge on any atom is -0.338 e. The Hall–Kier alpha value is -3.41. The third-order valence-electron chi connectivity index (χ3n) is 5.46. The molecule has 0 radical (unpaired) electrons. The van der Waals surface area contributed by atoms with Crippen LogP contribution in [0.4, 0.5) is 15.8 Å². The molecular weight excluding hydrogens is 369 g/mol. The van der Waals surface area contributed by atoms with Crippen molar-refractivity contribution in [2.45, 2.75) is 31.7 Å². The normalized spacial score (nSPS) is 16.1. The molecule has 1 aliphatic carbocycles. The van der Waals surface area contributed by atoms with Gasteiger partial charge in [-0.1, -0.05) is 6.07 Å². The van der Waals surface area contributed by atoms with Gasteiger partial charge in [0.15, 0.2) is 0 Å². The van der Waals surface area contributed by atoms with Gasteiger partial charge >= 0.3 is 0 Å². The van der Waals surface area contributed by atoms with Gasteiger partial charge < -0.3 is 15.2 Å². The summed E-state index contributed by atoms with van der Waals surface area (Å²) < 4.78 is 15.8. The molecule has 2 heterocycles. The molecule has 146 valence electrons. The van der Waals surface area contributed by atoms with Crippen molar-refractivity contribution in [3.8, 4) is 0 Å². The molecule has 2 aliphatic rings. The van der Waals surface area contributed by atoms with Crippen LogP contribution >= 0.6 is 0 Å². The number of carbonyl (C=O) groups is 2. The zero-order valence-electron chi connectivity index (χ0n) is 15.7. The van der Waals surface area contributed by atoms with Crippen LogP contribution in [0.3, 0.4) is 0 Å². The predicted molar refractivity (Wildman–Crippen MR) is 111 cm³/mol. The second kappa shape index (κ2) is 6.88. The summed E-state index contributed by atoms with van der Waals surface area (Å²) >= 11 is 0. The third-order valence-corrected chi connectivity index (χ3v) is 5.46. The fraction of sp³-hybridized carbons (Fsp3) is 0.217. The zero-order valence-corrected chi connectivity index (χ0v) is 15.7. The van der Waals surface area contributed by atoms with Crippen molar-refractivity contribution in [1.82, 2.24) is 4.57 Å². The average Bonchev–Trinajstić information content (AvgIpc) is 3.47. The molecule has 0 atom stereocenters. The molecule has 1 aliphatic heterocycles. The van der Waals surface area contributed by atoms with E-state index in [1.807, 2.05) is 24.3 Å². The van der Waals surface area contributed by atoms with E-state index in [1.165, 1.54) is 18.2 Å². The van der Waals surface area contributed by atoms with E-state index >= 15 is 0 Å². The summed E-state index contributed by atoms with van der Waals surface area (Å²) in [4.78, 5) is 24.1. The van der Waals surface area contributed by atoms with Crippen LogP contribution in [-0.4, -0.2) is 16.4 Å². The highest BCUT2D eigenvalue weighted by atomic mass is 19.1. The van der Waals surface area contributed by atoms with Gasteiger partial charge in [-0.05, 0) is 67.3 Å². The second-order valence-corrected chi connectivity index (χ2v) is 7.58. The number of hydrogen-bond acceptors (Lipinski definition) is 2. The van der Waals surface area contributed by atoms with Crippen molar-refractivity contribution in [3.63, 3.8) is 0 Å². The van der Waals surface area contributed by atoms with Gasteiger partial charge in [-0.2, -0.15) is 0 Å². The number of carbonyl (C=O) groups excluding carboxylic acids is 2. The van der Waals surface area contributed by atoms with Gasteiger partial charge in [0.1, 0.15) is 5.82 Å². The predicted octanol–water partition coefficient (Wildman–Crippen LogP) is 4.65. The first-order valence-corrected chi connectivity index (χ1v) is 9.80. The van der Waals surface area contributed by atoms with Crippen LogP contribution in [-0.2, 0) is 16.0 Å². The summed E-state index contributed by atoms with van der Waals surface area (Å²) in [6, 6.07) is 12.6. The van der Waals surface area contributed by atoms with Crippen molar-refractivity contribution >= 4 is 40.2 Å². The van der Waals surface area contributed by atoms with Gasteiger partial charge in [-0.3, -0.25) is 9.59 Å². The summed E-state index contributed by atoms with van der Waals surface area (Å²) in [6.07, 6.45) is 6.48. The number of halogens is 1. The molecule has 29 heavy (non-hydrogen) atoms. The zero-order chi connectivity index (χ0) is 20.0. The molecule has 2 aromatic carbocycles. The van der Waals surface area contributed by atoms with Crippen LogP contribution in [0.15, 0.2) is 48.5 Å². The second-order valence-electron chi connectivity index (χ2n) is 7.58. The monoisotopic (exact) mass is 389 g/mol. The number of nitrogens with zero attached hydrogens (tertiary/aromatic N) is 1. The van der Waals surface area contributed by atoms with Crippen LogP contribution in [0, 0.1) is 5.82 Å². The van der Waals surface area contributed by atoms with E-state index < -0.39 is 0 Å². The highest BCUT2D eigenvalue weighted by Gasteiger charge is 2.26. The highest BCUT2D eigenvalue weighted by Crippen LogP contribution is 2.40. The van der Waals surface area contributed by atoms with E-state index in [0.29, 0.717) is 24.6 Å². The average molecular weight is 389 g/mol. The highest BCUT2D eigenvalue weighted by molar-refractivity contribution is 6.04. The standard InChI is InChI=1S/C23H20FN3O2/c24-15-4-9-21-14(12-15)13-17(27(21)16-5-6-16)7-10-22(28)25-19-2-1-3-20-18(19)8-11-23(29)26-20/h1-4,7,9-10,12-13,16H,5-6,8,11H2,(H,25,28)(H,26,29)/b10-7+. The molecule has 0 spiro atoms. The van der Waals surface area contributed by atoms with Gasteiger partial charge in [0.05, 0.1) is 0 Å². The number of fused-ring (bicyclic) bond motifs is 2. The smallest absolute Gasteiger partial charge is 0.248 e. The molecule has 0 saturated heterocycles. The fourth-order valence-corrected chi connectivity index (χ4v) is 3.97. The van der Waals surface area contributed by atoms with E-state index in [4.69, 9.17) is 0 Å². The number of anilines is 2. The Morgan fingerprint density at radius 3 is 2.86 bits per heavy atom. The topological polar surface area (TPSA) is 63.1 Å².